The largest absolute Gasteiger partial charge is 0.489 e. The van der Waals surface area contributed by atoms with Gasteiger partial charge in [0.15, 0.2) is 17.7 Å². The van der Waals surface area contributed by atoms with Crippen LogP contribution in [0.15, 0.2) is 48.5 Å². The zero-order valence-electron chi connectivity index (χ0n) is 17.6. The molecule has 1 N–H and O–H groups in total. The van der Waals surface area contributed by atoms with E-state index in [1.165, 1.54) is 7.11 Å². The van der Waals surface area contributed by atoms with E-state index >= 15 is 0 Å². The van der Waals surface area contributed by atoms with E-state index < -0.39 is 6.10 Å². The van der Waals surface area contributed by atoms with Crippen LogP contribution >= 0.6 is 11.6 Å². The van der Waals surface area contributed by atoms with Gasteiger partial charge >= 0.3 is 0 Å². The molecule has 0 radical (unpaired) electrons. The molecule has 0 saturated carbocycles. The average Bonchev–Trinajstić information content (AvgIpc) is 2.75. The minimum Gasteiger partial charge on any atom is -0.489 e. The highest BCUT2D eigenvalue weighted by Gasteiger charge is 2.21. The number of nitrogens with zero attached hydrogens (tertiary/aromatic N) is 1. The molecule has 0 spiro atoms. The van der Waals surface area contributed by atoms with Gasteiger partial charge in [0.2, 0.25) is 0 Å². The molecule has 6 heteroatoms. The molecular weight excluding hydrogens is 402 g/mol. The highest BCUT2D eigenvalue weighted by Crippen LogP contribution is 2.35. The summed E-state index contributed by atoms with van der Waals surface area (Å²) in [6, 6.07) is 15.4. The van der Waals surface area contributed by atoms with Gasteiger partial charge in [-0.3, -0.25) is 0 Å². The Morgan fingerprint density at radius 3 is 2.37 bits per heavy atom. The number of aliphatic hydroxyl groups excluding tert-OH is 1. The van der Waals surface area contributed by atoms with E-state index in [0.29, 0.717) is 18.1 Å². The summed E-state index contributed by atoms with van der Waals surface area (Å²) < 4.78 is 16.3. The van der Waals surface area contributed by atoms with E-state index in [9.17, 15) is 5.11 Å². The summed E-state index contributed by atoms with van der Waals surface area (Å²) in [7, 11) is 1.53. The zero-order valence-corrected chi connectivity index (χ0v) is 18.4. The Labute approximate surface area is 182 Å². The van der Waals surface area contributed by atoms with E-state index in [4.69, 9.17) is 25.8 Å². The van der Waals surface area contributed by atoms with Crippen LogP contribution in [-0.4, -0.2) is 24.0 Å². The molecule has 0 aliphatic rings. The predicted octanol–water partition coefficient (Wildman–Crippen LogP) is 5.30. The molecule has 3 aromatic rings. The number of hydrogen-bond donors (Lipinski definition) is 1. The fourth-order valence-corrected chi connectivity index (χ4v) is 3.55. The topological polar surface area (TPSA) is 60.8 Å². The maximum atomic E-state index is 11.0. The second kappa shape index (κ2) is 9.94. The molecule has 1 aromatic heterocycles. The molecule has 0 fully saturated rings. The van der Waals surface area contributed by atoms with Crippen LogP contribution in [0.5, 0.6) is 11.5 Å². The molecule has 1 unspecified atom stereocenters. The van der Waals surface area contributed by atoms with Crippen LogP contribution in [0.25, 0.3) is 0 Å². The standard InChI is InChI=1S/C24H26ClNO4/c1-15-12-21(29-13-18-8-6-5-7-9-18)16(2)17(3)22(15)23(27)19-10-11-20(24(25)26-19)30-14-28-4/h5-12,23,27H,13-14H2,1-4H3. The maximum Gasteiger partial charge on any atom is 0.188 e. The summed E-state index contributed by atoms with van der Waals surface area (Å²) in [6.07, 6.45) is -0.916. The van der Waals surface area contributed by atoms with Gasteiger partial charge in [0.05, 0.1) is 5.69 Å². The third-order valence-electron chi connectivity index (χ3n) is 5.07. The summed E-state index contributed by atoms with van der Waals surface area (Å²) in [6.45, 7) is 6.49. The number of hydrogen-bond acceptors (Lipinski definition) is 5. The zero-order chi connectivity index (χ0) is 21.7. The van der Waals surface area contributed by atoms with E-state index in [1.807, 2.05) is 57.2 Å². The van der Waals surface area contributed by atoms with Crippen molar-refractivity contribution in [2.45, 2.75) is 33.5 Å². The lowest BCUT2D eigenvalue weighted by molar-refractivity contribution is 0.0508. The van der Waals surface area contributed by atoms with Gasteiger partial charge in [-0.25, -0.2) is 4.98 Å². The lowest BCUT2D eigenvalue weighted by atomic mass is 9.92. The molecule has 0 saturated heterocycles. The fourth-order valence-electron chi connectivity index (χ4n) is 3.34. The molecule has 1 heterocycles. The predicted molar refractivity (Wildman–Crippen MR) is 117 cm³/mol. The van der Waals surface area contributed by atoms with Gasteiger partial charge in [-0.15, -0.1) is 0 Å². The first-order valence-electron chi connectivity index (χ1n) is 9.66. The normalized spacial score (nSPS) is 11.9. The molecule has 30 heavy (non-hydrogen) atoms. The highest BCUT2D eigenvalue weighted by atomic mass is 35.5. The number of benzene rings is 2. The average molecular weight is 428 g/mol. The monoisotopic (exact) mass is 427 g/mol. The number of rotatable bonds is 8. The van der Waals surface area contributed by atoms with Gasteiger partial charge in [-0.1, -0.05) is 41.9 Å². The number of ether oxygens (including phenoxy) is 3. The number of methoxy groups -OCH3 is 1. The molecule has 3 rings (SSSR count). The molecular formula is C24H26ClNO4. The van der Waals surface area contributed by atoms with Crippen molar-refractivity contribution in [2.24, 2.45) is 0 Å². The Morgan fingerprint density at radius 1 is 0.967 bits per heavy atom. The number of halogens is 1. The Balaban J connectivity index is 1.85. The van der Waals surface area contributed by atoms with E-state index in [0.717, 1.165) is 33.6 Å². The van der Waals surface area contributed by atoms with E-state index in [-0.39, 0.29) is 11.9 Å². The third kappa shape index (κ3) is 4.93. The molecule has 0 aliphatic carbocycles. The van der Waals surface area contributed by atoms with Crippen LogP contribution in [-0.2, 0) is 11.3 Å². The van der Waals surface area contributed by atoms with E-state index in [1.54, 1.807) is 12.1 Å². The fraction of sp³-hybridized carbons (Fsp3) is 0.292. The highest BCUT2D eigenvalue weighted by molar-refractivity contribution is 6.30. The lowest BCUT2D eigenvalue weighted by Gasteiger charge is -2.21. The van der Waals surface area contributed by atoms with Crippen molar-refractivity contribution in [3.05, 3.63) is 87.2 Å². The number of aryl methyl sites for hydroxylation is 1. The third-order valence-corrected chi connectivity index (χ3v) is 5.34. The number of aromatic nitrogens is 1. The Morgan fingerprint density at radius 2 is 1.70 bits per heavy atom. The van der Waals surface area contributed by atoms with Crippen LogP contribution < -0.4 is 9.47 Å². The SMILES string of the molecule is COCOc1ccc(C(O)c2c(C)cc(OCc3ccccc3)c(C)c2C)nc1Cl. The van der Waals surface area contributed by atoms with Crippen molar-refractivity contribution in [1.82, 2.24) is 4.98 Å². The van der Waals surface area contributed by atoms with Crippen LogP contribution in [0.1, 0.15) is 39.6 Å². The molecule has 5 nitrogen and oxygen atoms in total. The molecule has 0 aliphatic heterocycles. The van der Waals surface area contributed by atoms with Gasteiger partial charge in [0.25, 0.3) is 0 Å². The summed E-state index contributed by atoms with van der Waals surface area (Å²) in [5.41, 5.74) is 5.22. The van der Waals surface area contributed by atoms with E-state index in [2.05, 4.69) is 4.98 Å². The lowest BCUT2D eigenvalue weighted by Crippen LogP contribution is -2.10. The van der Waals surface area contributed by atoms with Crippen molar-refractivity contribution in [3.8, 4) is 11.5 Å². The van der Waals surface area contributed by atoms with Gasteiger partial charge in [-0.2, -0.15) is 0 Å². The molecule has 158 valence electrons. The van der Waals surface area contributed by atoms with Crippen molar-refractivity contribution < 1.29 is 19.3 Å². The van der Waals surface area contributed by atoms with Crippen molar-refractivity contribution >= 4 is 11.6 Å². The first kappa shape index (κ1) is 22.1. The van der Waals surface area contributed by atoms with Crippen LogP contribution in [0.4, 0.5) is 0 Å². The molecule has 1 atom stereocenters. The Bertz CT molecular complexity index is 1010. The summed E-state index contributed by atoms with van der Waals surface area (Å²) in [5.74, 6) is 1.21. The van der Waals surface area contributed by atoms with Gasteiger partial charge in [-0.05, 0) is 66.8 Å². The van der Waals surface area contributed by atoms with Gasteiger partial charge < -0.3 is 19.3 Å². The maximum absolute atomic E-state index is 11.0. The smallest absolute Gasteiger partial charge is 0.188 e. The van der Waals surface area contributed by atoms with Gasteiger partial charge in [0.1, 0.15) is 18.5 Å². The molecule has 0 amide bonds. The van der Waals surface area contributed by atoms with Crippen LogP contribution in [0, 0.1) is 20.8 Å². The first-order valence-corrected chi connectivity index (χ1v) is 10.0. The second-order valence-corrected chi connectivity index (χ2v) is 7.47. The van der Waals surface area contributed by atoms with Crippen molar-refractivity contribution in [2.75, 3.05) is 13.9 Å². The Kier molecular flexibility index (Phi) is 7.32. The van der Waals surface area contributed by atoms with Crippen LogP contribution in [0.3, 0.4) is 0 Å². The quantitative estimate of drug-likeness (QED) is 0.390. The summed E-state index contributed by atoms with van der Waals surface area (Å²) in [5, 5.41) is 11.2. The minimum atomic E-state index is -0.916. The Hall–Kier alpha value is -2.60. The summed E-state index contributed by atoms with van der Waals surface area (Å²) >= 11 is 6.21. The first-order chi connectivity index (χ1) is 14.4. The number of pyridine rings is 1. The minimum absolute atomic E-state index is 0.0746. The number of aliphatic hydroxyl groups is 1. The summed E-state index contributed by atoms with van der Waals surface area (Å²) in [4.78, 5) is 4.32. The van der Waals surface area contributed by atoms with Gasteiger partial charge in [0, 0.05) is 7.11 Å². The molecule has 2 aromatic carbocycles. The van der Waals surface area contributed by atoms with Crippen molar-refractivity contribution in [1.29, 1.82) is 0 Å². The molecule has 0 bridgehead atoms. The van der Waals surface area contributed by atoms with Crippen LogP contribution in [0.2, 0.25) is 5.15 Å². The van der Waals surface area contributed by atoms with Crippen molar-refractivity contribution in [3.63, 3.8) is 0 Å². The second-order valence-electron chi connectivity index (χ2n) is 7.11.